The van der Waals surface area contributed by atoms with E-state index >= 15 is 0 Å². The summed E-state index contributed by atoms with van der Waals surface area (Å²) in [6.07, 6.45) is 0. The molecule has 0 amide bonds. The minimum absolute atomic E-state index is 0.0172. The molecule has 6 heteroatoms. The average Bonchev–Trinajstić information content (AvgIpc) is 2.43. The highest BCUT2D eigenvalue weighted by Gasteiger charge is 2.51. The molecule has 0 bridgehead atoms. The van der Waals surface area contributed by atoms with E-state index < -0.39 is 34.8 Å². The van der Waals surface area contributed by atoms with Crippen molar-refractivity contribution in [1.82, 2.24) is 0 Å². The van der Waals surface area contributed by atoms with Gasteiger partial charge >= 0.3 is 17.9 Å². The predicted octanol–water partition coefficient (Wildman–Crippen LogP) is 2.65. The fraction of sp³-hybridized carbons (Fsp3) is 0.706. The summed E-state index contributed by atoms with van der Waals surface area (Å²) in [6.45, 7) is 15.3. The van der Waals surface area contributed by atoms with E-state index in [2.05, 4.69) is 6.58 Å². The zero-order valence-corrected chi connectivity index (χ0v) is 15.1. The Morgan fingerprint density at radius 2 is 1.35 bits per heavy atom. The van der Waals surface area contributed by atoms with E-state index in [4.69, 9.17) is 14.2 Å². The molecule has 0 aliphatic heterocycles. The highest BCUT2D eigenvalue weighted by molar-refractivity contribution is 6.02. The summed E-state index contributed by atoms with van der Waals surface area (Å²) < 4.78 is 15.2. The number of esters is 3. The third-order valence-corrected chi connectivity index (χ3v) is 3.45. The molecule has 0 aliphatic rings. The van der Waals surface area contributed by atoms with Crippen molar-refractivity contribution in [2.24, 2.45) is 11.3 Å². The molecule has 1 unspecified atom stereocenters. The van der Waals surface area contributed by atoms with Gasteiger partial charge in [-0.05, 0) is 41.5 Å². The second-order valence-electron chi connectivity index (χ2n) is 6.39. The van der Waals surface area contributed by atoms with Crippen LogP contribution in [0, 0.1) is 11.3 Å². The molecule has 0 heterocycles. The largest absolute Gasteiger partial charge is 0.465 e. The molecule has 0 aromatic heterocycles. The summed E-state index contributed by atoms with van der Waals surface area (Å²) >= 11 is 0. The molecular weight excluding hydrogens is 300 g/mol. The molecule has 0 aromatic carbocycles. The van der Waals surface area contributed by atoms with Crippen molar-refractivity contribution in [3.05, 3.63) is 12.2 Å². The topological polar surface area (TPSA) is 78.9 Å². The molecule has 132 valence electrons. The van der Waals surface area contributed by atoms with Gasteiger partial charge in [0.2, 0.25) is 0 Å². The lowest BCUT2D eigenvalue weighted by Crippen LogP contribution is -2.46. The summed E-state index contributed by atoms with van der Waals surface area (Å²) in [4.78, 5) is 36.8. The molecule has 0 radical (unpaired) electrons. The van der Waals surface area contributed by atoms with E-state index in [0.717, 1.165) is 0 Å². The number of ether oxygens (including phenoxy) is 3. The quantitative estimate of drug-likeness (QED) is 0.309. The van der Waals surface area contributed by atoms with Crippen molar-refractivity contribution in [3.8, 4) is 0 Å². The van der Waals surface area contributed by atoms with Gasteiger partial charge in [-0.1, -0.05) is 13.5 Å². The SMILES string of the molecule is C=C(C(=O)OC(C)(C)C)C(C)C(C)(C(=O)OCC)C(=O)OCC. The van der Waals surface area contributed by atoms with Crippen molar-refractivity contribution in [1.29, 1.82) is 0 Å². The van der Waals surface area contributed by atoms with Gasteiger partial charge in [-0.2, -0.15) is 0 Å². The van der Waals surface area contributed by atoms with Crippen molar-refractivity contribution >= 4 is 17.9 Å². The summed E-state index contributed by atoms with van der Waals surface area (Å²) in [5.41, 5.74) is -2.35. The van der Waals surface area contributed by atoms with Crippen LogP contribution in [-0.4, -0.2) is 36.7 Å². The summed E-state index contributed by atoms with van der Waals surface area (Å²) in [5, 5.41) is 0. The van der Waals surface area contributed by atoms with Crippen LogP contribution >= 0.6 is 0 Å². The van der Waals surface area contributed by atoms with Gasteiger partial charge in [-0.15, -0.1) is 0 Å². The first kappa shape index (κ1) is 21.1. The highest BCUT2D eigenvalue weighted by Crippen LogP contribution is 2.36. The molecule has 0 spiro atoms. The fourth-order valence-corrected chi connectivity index (χ4v) is 1.87. The standard InChI is InChI=1S/C17H28O6/c1-9-21-14(19)17(8,15(20)22-10-2)12(4)11(3)13(18)23-16(5,6)7/h12H,3,9-10H2,1-2,4-8H3. The van der Waals surface area contributed by atoms with Crippen LogP contribution < -0.4 is 0 Å². The van der Waals surface area contributed by atoms with Crippen molar-refractivity contribution in [3.63, 3.8) is 0 Å². The highest BCUT2D eigenvalue weighted by atomic mass is 16.6. The van der Waals surface area contributed by atoms with Gasteiger partial charge in [0.25, 0.3) is 0 Å². The lowest BCUT2D eigenvalue weighted by Gasteiger charge is -2.32. The Hall–Kier alpha value is -1.85. The van der Waals surface area contributed by atoms with Gasteiger partial charge in [-0.25, -0.2) is 4.79 Å². The number of carbonyl (C=O) groups is 3. The molecule has 0 N–H and O–H groups in total. The van der Waals surface area contributed by atoms with Gasteiger partial charge in [-0.3, -0.25) is 9.59 Å². The van der Waals surface area contributed by atoms with Gasteiger partial charge in [0.1, 0.15) is 5.60 Å². The first-order chi connectivity index (χ1) is 10.4. The van der Waals surface area contributed by atoms with Crippen molar-refractivity contribution in [2.75, 3.05) is 13.2 Å². The van der Waals surface area contributed by atoms with Gasteiger partial charge in [0, 0.05) is 11.5 Å². The van der Waals surface area contributed by atoms with E-state index in [1.807, 2.05) is 0 Å². The van der Waals surface area contributed by atoms with Crippen LogP contribution in [0.15, 0.2) is 12.2 Å². The van der Waals surface area contributed by atoms with E-state index in [9.17, 15) is 14.4 Å². The third kappa shape index (κ3) is 5.37. The fourth-order valence-electron chi connectivity index (χ4n) is 1.87. The van der Waals surface area contributed by atoms with Gasteiger partial charge < -0.3 is 14.2 Å². The summed E-state index contributed by atoms with van der Waals surface area (Å²) in [7, 11) is 0. The minimum atomic E-state index is -1.67. The number of hydrogen-bond donors (Lipinski definition) is 0. The van der Waals surface area contributed by atoms with Gasteiger partial charge in [0.05, 0.1) is 13.2 Å². The Labute approximate surface area is 138 Å². The second kappa shape index (κ2) is 8.13. The number of hydrogen-bond acceptors (Lipinski definition) is 6. The van der Waals surface area contributed by atoms with Crippen LogP contribution in [0.25, 0.3) is 0 Å². The van der Waals surface area contributed by atoms with E-state index in [1.165, 1.54) is 6.92 Å². The average molecular weight is 328 g/mol. The lowest BCUT2D eigenvalue weighted by molar-refractivity contribution is -0.174. The van der Waals surface area contributed by atoms with Crippen LogP contribution in [0.1, 0.15) is 48.5 Å². The van der Waals surface area contributed by atoms with Crippen LogP contribution in [0.5, 0.6) is 0 Å². The van der Waals surface area contributed by atoms with E-state index in [0.29, 0.717) is 0 Å². The van der Waals surface area contributed by atoms with Crippen molar-refractivity contribution in [2.45, 2.75) is 54.1 Å². The van der Waals surface area contributed by atoms with E-state index in [-0.39, 0.29) is 18.8 Å². The number of rotatable bonds is 7. The molecule has 23 heavy (non-hydrogen) atoms. The number of carbonyl (C=O) groups excluding carboxylic acids is 3. The molecule has 0 aromatic rings. The monoisotopic (exact) mass is 328 g/mol. The van der Waals surface area contributed by atoms with Crippen molar-refractivity contribution < 1.29 is 28.6 Å². The minimum Gasteiger partial charge on any atom is -0.465 e. The first-order valence-electron chi connectivity index (χ1n) is 7.68. The zero-order valence-electron chi connectivity index (χ0n) is 15.1. The molecule has 0 saturated heterocycles. The molecule has 0 fully saturated rings. The Morgan fingerprint density at radius 1 is 0.957 bits per heavy atom. The van der Waals surface area contributed by atoms with Crippen LogP contribution in [0.3, 0.4) is 0 Å². The zero-order chi connectivity index (χ0) is 18.4. The third-order valence-electron chi connectivity index (χ3n) is 3.45. The Kier molecular flexibility index (Phi) is 7.48. The second-order valence-corrected chi connectivity index (χ2v) is 6.39. The first-order valence-corrected chi connectivity index (χ1v) is 7.68. The maximum atomic E-state index is 12.3. The Bertz CT molecular complexity index is 454. The smallest absolute Gasteiger partial charge is 0.334 e. The molecular formula is C17H28O6. The van der Waals surface area contributed by atoms with Gasteiger partial charge in [0.15, 0.2) is 5.41 Å². The summed E-state index contributed by atoms with van der Waals surface area (Å²) in [5.74, 6) is -3.01. The Balaban J connectivity index is 5.55. The predicted molar refractivity (Wildman–Crippen MR) is 85.5 cm³/mol. The molecule has 1 atom stereocenters. The van der Waals surface area contributed by atoms with Crippen LogP contribution in [-0.2, 0) is 28.6 Å². The Morgan fingerprint density at radius 3 is 1.65 bits per heavy atom. The molecule has 0 rings (SSSR count). The lowest BCUT2D eigenvalue weighted by atomic mass is 9.74. The normalized spacial score (nSPS) is 13.0. The van der Waals surface area contributed by atoms with Crippen LogP contribution in [0.2, 0.25) is 0 Å². The molecule has 0 aliphatic carbocycles. The molecule has 6 nitrogen and oxygen atoms in total. The maximum absolute atomic E-state index is 12.3. The molecule has 0 saturated carbocycles. The van der Waals surface area contributed by atoms with Crippen LogP contribution in [0.4, 0.5) is 0 Å². The van der Waals surface area contributed by atoms with E-state index in [1.54, 1.807) is 41.5 Å². The summed E-state index contributed by atoms with van der Waals surface area (Å²) in [6, 6.07) is 0. The maximum Gasteiger partial charge on any atom is 0.334 e.